The molecule has 0 amide bonds. The Labute approximate surface area is 304 Å². The van der Waals surface area contributed by atoms with Crippen LogP contribution in [0.4, 0.5) is 0 Å². The number of unbranched alkanes of at least 4 members (excludes halogenated alkanes) is 27. The van der Waals surface area contributed by atoms with E-state index >= 15 is 0 Å². The van der Waals surface area contributed by atoms with Crippen molar-refractivity contribution in [2.45, 2.75) is 206 Å². The summed E-state index contributed by atoms with van der Waals surface area (Å²) in [5.41, 5.74) is -2.47. The predicted octanol–water partition coefficient (Wildman–Crippen LogP) is 13.6. The number of rotatable bonds is 32. The van der Waals surface area contributed by atoms with E-state index in [2.05, 4.69) is 13.8 Å². The summed E-state index contributed by atoms with van der Waals surface area (Å²) in [6, 6.07) is 2.68. The van der Waals surface area contributed by atoms with Gasteiger partial charge in [-0.3, -0.25) is 0 Å². The van der Waals surface area contributed by atoms with E-state index in [9.17, 15) is 19.8 Å². The van der Waals surface area contributed by atoms with Crippen molar-refractivity contribution < 1.29 is 19.0 Å². The fourth-order valence-corrected chi connectivity index (χ4v) is 6.84. The van der Waals surface area contributed by atoms with Crippen LogP contribution in [-0.4, -0.2) is 10.2 Å². The average molecular weight is 697 g/mol. The topological polar surface area (TPSA) is 101 Å². The molecule has 0 spiro atoms. The van der Waals surface area contributed by atoms with E-state index in [0.29, 0.717) is 12.2 Å². The van der Waals surface area contributed by atoms with Gasteiger partial charge in [0, 0.05) is 18.6 Å². The first kappa shape index (κ1) is 43.4. The highest BCUT2D eigenvalue weighted by Gasteiger charge is 2.22. The molecule has 0 atom stereocenters. The van der Waals surface area contributed by atoms with Crippen molar-refractivity contribution in [3.8, 4) is 22.6 Å². The summed E-state index contributed by atoms with van der Waals surface area (Å²) in [5, 5.41) is 21.3. The second-order valence-electron chi connectivity index (χ2n) is 14.6. The third-order valence-electron chi connectivity index (χ3n) is 9.96. The standard InChI is InChI=1S/C44H72O6/c1-3-5-7-9-11-13-15-17-19-21-23-25-27-29-31-33-37-35-39(45)41(43(47)49-37)42-40(46)36-38(50-44(42)48)34-32-30-28-26-24-22-20-18-16-14-12-10-8-6-4-2/h31,33,35-36,45-46H,3-30,32,34H2,1-2H3/b33-31+. The van der Waals surface area contributed by atoms with E-state index in [0.717, 1.165) is 32.1 Å². The Kier molecular flexibility index (Phi) is 25.1. The van der Waals surface area contributed by atoms with Crippen molar-refractivity contribution in [2.24, 2.45) is 0 Å². The van der Waals surface area contributed by atoms with Gasteiger partial charge in [0.05, 0.1) is 0 Å². The van der Waals surface area contributed by atoms with Crippen molar-refractivity contribution >= 4 is 6.08 Å². The van der Waals surface area contributed by atoms with Crippen molar-refractivity contribution in [3.05, 3.63) is 50.6 Å². The average Bonchev–Trinajstić information content (AvgIpc) is 3.09. The van der Waals surface area contributed by atoms with E-state index in [4.69, 9.17) is 8.83 Å². The Balaban J connectivity index is 1.64. The van der Waals surface area contributed by atoms with E-state index in [1.54, 1.807) is 6.08 Å². The molecule has 2 aromatic rings. The molecule has 50 heavy (non-hydrogen) atoms. The number of hydrogen-bond acceptors (Lipinski definition) is 6. The van der Waals surface area contributed by atoms with Crippen molar-refractivity contribution in [2.75, 3.05) is 0 Å². The van der Waals surface area contributed by atoms with Gasteiger partial charge in [0.1, 0.15) is 34.1 Å². The monoisotopic (exact) mass is 697 g/mol. The third-order valence-corrected chi connectivity index (χ3v) is 9.96. The lowest BCUT2D eigenvalue weighted by molar-refractivity contribution is 0.415. The van der Waals surface area contributed by atoms with E-state index in [1.807, 2.05) is 6.08 Å². The molecule has 2 N–H and O–H groups in total. The van der Waals surface area contributed by atoms with Gasteiger partial charge in [0.25, 0.3) is 0 Å². The van der Waals surface area contributed by atoms with E-state index in [-0.39, 0.29) is 22.6 Å². The maximum atomic E-state index is 12.8. The number of aromatic hydroxyl groups is 2. The second kappa shape index (κ2) is 28.9. The first-order chi connectivity index (χ1) is 24.5. The predicted molar refractivity (Wildman–Crippen MR) is 210 cm³/mol. The molecule has 0 aliphatic rings. The molecule has 0 bridgehead atoms. The molecule has 2 heterocycles. The number of allylic oxidation sites excluding steroid dienone is 1. The largest absolute Gasteiger partial charge is 0.507 e. The summed E-state index contributed by atoms with van der Waals surface area (Å²) >= 11 is 0. The van der Waals surface area contributed by atoms with Gasteiger partial charge in [-0.25, -0.2) is 9.59 Å². The lowest BCUT2D eigenvalue weighted by atomic mass is 10.0. The first-order valence-corrected chi connectivity index (χ1v) is 20.9. The zero-order valence-corrected chi connectivity index (χ0v) is 32.1. The molecule has 0 aliphatic carbocycles. The minimum absolute atomic E-state index is 0.208. The Morgan fingerprint density at radius 1 is 0.480 bits per heavy atom. The molecule has 0 fully saturated rings. The van der Waals surface area contributed by atoms with Gasteiger partial charge in [-0.2, -0.15) is 0 Å². The fourth-order valence-electron chi connectivity index (χ4n) is 6.84. The second-order valence-corrected chi connectivity index (χ2v) is 14.6. The molecular formula is C44H72O6. The molecule has 2 aromatic heterocycles. The maximum absolute atomic E-state index is 12.8. The molecule has 0 unspecified atom stereocenters. The van der Waals surface area contributed by atoms with Crippen LogP contribution >= 0.6 is 0 Å². The van der Waals surface area contributed by atoms with Crippen molar-refractivity contribution in [1.29, 1.82) is 0 Å². The van der Waals surface area contributed by atoms with Gasteiger partial charge in [0.15, 0.2) is 0 Å². The normalized spacial score (nSPS) is 11.6. The number of aryl methyl sites for hydroxylation is 1. The summed E-state index contributed by atoms with van der Waals surface area (Å²) in [4.78, 5) is 25.6. The van der Waals surface area contributed by atoms with Crippen LogP contribution in [0.2, 0.25) is 0 Å². The molecule has 284 valence electrons. The lowest BCUT2D eigenvalue weighted by Crippen LogP contribution is -2.12. The van der Waals surface area contributed by atoms with Crippen LogP contribution in [0.15, 0.2) is 36.6 Å². The van der Waals surface area contributed by atoms with Crippen molar-refractivity contribution in [3.63, 3.8) is 0 Å². The quantitative estimate of drug-likeness (QED) is 0.0738. The van der Waals surface area contributed by atoms with Crippen molar-refractivity contribution in [1.82, 2.24) is 0 Å². The molecule has 6 heteroatoms. The first-order valence-electron chi connectivity index (χ1n) is 20.9. The van der Waals surface area contributed by atoms with Gasteiger partial charge in [-0.15, -0.1) is 0 Å². The number of hydrogen-bond donors (Lipinski definition) is 2. The lowest BCUT2D eigenvalue weighted by Gasteiger charge is -2.07. The van der Waals surface area contributed by atoms with E-state index < -0.39 is 17.0 Å². The van der Waals surface area contributed by atoms with Gasteiger partial charge in [-0.05, 0) is 25.3 Å². The van der Waals surface area contributed by atoms with E-state index in [1.165, 1.54) is 166 Å². The third kappa shape index (κ3) is 19.6. The molecule has 2 rings (SSSR count). The van der Waals surface area contributed by atoms with Crippen LogP contribution in [0, 0.1) is 0 Å². The van der Waals surface area contributed by atoms with Crippen LogP contribution in [-0.2, 0) is 6.42 Å². The molecule has 6 nitrogen and oxygen atoms in total. The highest BCUT2D eigenvalue weighted by Crippen LogP contribution is 2.32. The summed E-state index contributed by atoms with van der Waals surface area (Å²) in [7, 11) is 0. The highest BCUT2D eigenvalue weighted by atomic mass is 16.4. The van der Waals surface area contributed by atoms with Crippen LogP contribution in [0.25, 0.3) is 17.2 Å². The molecule has 0 radical (unpaired) electrons. The Hall–Kier alpha value is -2.76. The van der Waals surface area contributed by atoms with Crippen LogP contribution in [0.3, 0.4) is 0 Å². The smallest absolute Gasteiger partial charge is 0.348 e. The maximum Gasteiger partial charge on any atom is 0.348 e. The summed E-state index contributed by atoms with van der Waals surface area (Å²) in [6.45, 7) is 4.52. The Morgan fingerprint density at radius 2 is 0.840 bits per heavy atom. The minimum atomic E-state index is -0.886. The molecule has 0 aromatic carbocycles. The van der Waals surface area contributed by atoms with Crippen LogP contribution in [0.1, 0.15) is 212 Å². The fraction of sp³-hybridized carbons (Fsp3) is 0.727. The van der Waals surface area contributed by atoms with Gasteiger partial charge < -0.3 is 19.0 Å². The van der Waals surface area contributed by atoms with Gasteiger partial charge in [-0.1, -0.05) is 187 Å². The molecule has 0 saturated carbocycles. The molecular weight excluding hydrogens is 624 g/mol. The molecule has 0 saturated heterocycles. The SMILES string of the molecule is CCCCCCCCCCCCCCC/C=C/c1cc(O)c(-c2c(O)cc(CCCCCCCCCCCCCCCCC)oc2=O)c(=O)o1. The Bertz CT molecular complexity index is 1270. The van der Waals surface area contributed by atoms with Crippen LogP contribution in [0.5, 0.6) is 11.5 Å². The summed E-state index contributed by atoms with van der Waals surface area (Å²) in [6.07, 6.45) is 41.1. The zero-order chi connectivity index (χ0) is 36.1. The zero-order valence-electron chi connectivity index (χ0n) is 32.1. The van der Waals surface area contributed by atoms with Crippen LogP contribution < -0.4 is 11.3 Å². The Morgan fingerprint density at radius 3 is 1.24 bits per heavy atom. The summed E-state index contributed by atoms with van der Waals surface area (Å²) < 4.78 is 10.8. The summed E-state index contributed by atoms with van der Waals surface area (Å²) in [5.74, 6) is -0.215. The minimum Gasteiger partial charge on any atom is -0.507 e. The molecule has 0 aliphatic heterocycles. The van der Waals surface area contributed by atoms with Gasteiger partial charge >= 0.3 is 11.3 Å². The highest BCUT2D eigenvalue weighted by molar-refractivity contribution is 5.73. The van der Waals surface area contributed by atoms with Gasteiger partial charge in [0.2, 0.25) is 0 Å².